The van der Waals surface area contributed by atoms with Gasteiger partial charge in [0.05, 0.1) is 23.8 Å². The van der Waals surface area contributed by atoms with E-state index in [-0.39, 0.29) is 11.7 Å². The van der Waals surface area contributed by atoms with Crippen molar-refractivity contribution in [1.29, 1.82) is 0 Å². The number of amides is 1. The molecule has 5 nitrogen and oxygen atoms in total. The second-order valence-corrected chi connectivity index (χ2v) is 7.25. The Labute approximate surface area is 177 Å². The van der Waals surface area contributed by atoms with Gasteiger partial charge in [0.1, 0.15) is 11.6 Å². The Morgan fingerprint density at radius 1 is 1.17 bits per heavy atom. The van der Waals surface area contributed by atoms with E-state index < -0.39 is 5.41 Å². The molecule has 1 fully saturated rings. The number of aryl methyl sites for hydroxylation is 1. The molecule has 1 heterocycles. The van der Waals surface area contributed by atoms with Gasteiger partial charge in [0, 0.05) is 5.56 Å². The summed E-state index contributed by atoms with van der Waals surface area (Å²) in [6.45, 7) is 7.43. The van der Waals surface area contributed by atoms with Gasteiger partial charge in [0.25, 0.3) is 0 Å². The molecule has 0 bridgehead atoms. The zero-order chi connectivity index (χ0) is 21.7. The van der Waals surface area contributed by atoms with Crippen molar-refractivity contribution >= 4 is 17.5 Å². The average Bonchev–Trinajstić information content (AvgIpc) is 3.55. The quantitative estimate of drug-likeness (QED) is 0.496. The van der Waals surface area contributed by atoms with Crippen molar-refractivity contribution in [2.75, 3.05) is 12.4 Å². The number of methoxy groups -OCH3 is 1. The van der Waals surface area contributed by atoms with Gasteiger partial charge in [-0.05, 0) is 56.5 Å². The molecule has 2 aromatic rings. The van der Waals surface area contributed by atoms with E-state index in [1.165, 1.54) is 7.11 Å². The van der Waals surface area contributed by atoms with Gasteiger partial charge in [0.2, 0.25) is 5.91 Å². The van der Waals surface area contributed by atoms with Crippen LogP contribution in [-0.4, -0.2) is 23.8 Å². The summed E-state index contributed by atoms with van der Waals surface area (Å²) in [6.07, 6.45) is 9.01. The first-order valence-electron chi connectivity index (χ1n) is 9.89. The Morgan fingerprint density at radius 3 is 2.50 bits per heavy atom. The third-order valence-electron chi connectivity index (χ3n) is 5.30. The third-order valence-corrected chi connectivity index (χ3v) is 5.30. The van der Waals surface area contributed by atoms with Crippen LogP contribution < -0.4 is 10.1 Å². The molecule has 1 amide bonds. The number of para-hydroxylation sites is 1. The highest BCUT2D eigenvalue weighted by atomic mass is 16.5. The number of carbonyl (C=O) groups excluding carboxylic acids is 2. The third kappa shape index (κ3) is 4.10. The largest absolute Gasteiger partial charge is 0.496 e. The van der Waals surface area contributed by atoms with E-state index in [1.54, 1.807) is 43.3 Å². The minimum absolute atomic E-state index is 0.0931. The van der Waals surface area contributed by atoms with E-state index in [2.05, 4.69) is 16.9 Å². The van der Waals surface area contributed by atoms with Crippen LogP contribution in [0.3, 0.4) is 0 Å². The summed E-state index contributed by atoms with van der Waals surface area (Å²) in [4.78, 5) is 30.4. The number of anilines is 1. The Kier molecular flexibility index (Phi) is 6.31. The first-order chi connectivity index (χ1) is 14.5. The molecule has 1 saturated carbocycles. The molecule has 1 aromatic heterocycles. The lowest BCUT2D eigenvalue weighted by Crippen LogP contribution is -2.26. The lowest BCUT2D eigenvalue weighted by Gasteiger charge is -2.17. The minimum Gasteiger partial charge on any atom is -0.496 e. The fourth-order valence-electron chi connectivity index (χ4n) is 3.54. The molecule has 0 saturated heterocycles. The van der Waals surface area contributed by atoms with Gasteiger partial charge in [-0.25, -0.2) is 4.98 Å². The van der Waals surface area contributed by atoms with Gasteiger partial charge in [-0.15, -0.1) is 0 Å². The first kappa shape index (κ1) is 21.2. The van der Waals surface area contributed by atoms with Crippen molar-refractivity contribution in [2.24, 2.45) is 5.41 Å². The first-order valence-corrected chi connectivity index (χ1v) is 9.89. The Bertz CT molecular complexity index is 1050. The second kappa shape index (κ2) is 8.91. The van der Waals surface area contributed by atoms with Crippen LogP contribution in [0.1, 0.15) is 41.4 Å². The van der Waals surface area contributed by atoms with Crippen LogP contribution in [0.5, 0.6) is 5.75 Å². The van der Waals surface area contributed by atoms with Crippen LogP contribution in [0.15, 0.2) is 72.9 Å². The predicted octanol–water partition coefficient (Wildman–Crippen LogP) is 5.04. The molecule has 154 valence electrons. The standard InChI is InChI=1S/C25H26N2O3/c1-5-9-18(10-6-2)25(15-16-25)24(29)27-22-14-13-19(17(3)26-22)23(28)20-11-7-8-12-21(20)30-4/h5-14H,1,15-16H2,2-4H3,(H,26,27,29)/b10-6-,18-9+. The van der Waals surface area contributed by atoms with Gasteiger partial charge in [-0.3, -0.25) is 9.59 Å². The van der Waals surface area contributed by atoms with Crippen LogP contribution >= 0.6 is 0 Å². The van der Waals surface area contributed by atoms with Crippen molar-refractivity contribution < 1.29 is 14.3 Å². The highest BCUT2D eigenvalue weighted by Gasteiger charge is 2.51. The van der Waals surface area contributed by atoms with Crippen molar-refractivity contribution in [3.8, 4) is 5.75 Å². The topological polar surface area (TPSA) is 68.3 Å². The average molecular weight is 402 g/mol. The number of allylic oxidation sites excluding steroid dienone is 4. The fourth-order valence-corrected chi connectivity index (χ4v) is 3.54. The zero-order valence-corrected chi connectivity index (χ0v) is 17.6. The Hall–Kier alpha value is -3.47. The van der Waals surface area contributed by atoms with Crippen molar-refractivity contribution in [3.05, 3.63) is 89.7 Å². The Balaban J connectivity index is 1.82. The molecule has 30 heavy (non-hydrogen) atoms. The summed E-state index contributed by atoms with van der Waals surface area (Å²) in [7, 11) is 1.53. The molecule has 0 atom stereocenters. The van der Waals surface area contributed by atoms with E-state index >= 15 is 0 Å². The predicted molar refractivity (Wildman–Crippen MR) is 119 cm³/mol. The molecule has 5 heteroatoms. The molecule has 0 spiro atoms. The number of ether oxygens (including phenoxy) is 1. The molecule has 0 unspecified atom stereocenters. The number of nitrogens with zero attached hydrogens (tertiary/aromatic N) is 1. The Morgan fingerprint density at radius 2 is 1.90 bits per heavy atom. The molecule has 1 aromatic carbocycles. The van der Waals surface area contributed by atoms with Gasteiger partial charge in [-0.1, -0.05) is 43.0 Å². The van der Waals surface area contributed by atoms with Gasteiger partial charge >= 0.3 is 0 Å². The SMILES string of the molecule is C=C/C=C(\C=C/C)C1(C(=O)Nc2ccc(C(=O)c3ccccc3OC)c(C)n2)CC1. The van der Waals surface area contributed by atoms with Crippen LogP contribution in [0.25, 0.3) is 0 Å². The van der Waals surface area contributed by atoms with Crippen molar-refractivity contribution in [2.45, 2.75) is 26.7 Å². The van der Waals surface area contributed by atoms with Crippen LogP contribution in [-0.2, 0) is 4.79 Å². The lowest BCUT2D eigenvalue weighted by atomic mass is 9.93. The molecule has 1 N–H and O–H groups in total. The highest BCUT2D eigenvalue weighted by molar-refractivity contribution is 6.11. The number of hydrogen-bond donors (Lipinski definition) is 1. The maximum absolute atomic E-state index is 13.0. The van der Waals surface area contributed by atoms with E-state index in [0.29, 0.717) is 28.4 Å². The number of pyridine rings is 1. The molecule has 0 radical (unpaired) electrons. The molecular weight excluding hydrogens is 376 g/mol. The van der Waals surface area contributed by atoms with Crippen LogP contribution in [0.4, 0.5) is 5.82 Å². The van der Waals surface area contributed by atoms with Crippen LogP contribution in [0, 0.1) is 12.3 Å². The smallest absolute Gasteiger partial charge is 0.236 e. The summed E-state index contributed by atoms with van der Waals surface area (Å²) in [5.41, 5.74) is 1.90. The van der Waals surface area contributed by atoms with E-state index in [0.717, 1.165) is 18.4 Å². The molecule has 1 aliphatic carbocycles. The number of hydrogen-bond acceptors (Lipinski definition) is 4. The monoisotopic (exact) mass is 402 g/mol. The summed E-state index contributed by atoms with van der Waals surface area (Å²) in [5, 5.41) is 2.92. The van der Waals surface area contributed by atoms with Gasteiger partial charge in [0.15, 0.2) is 5.78 Å². The van der Waals surface area contributed by atoms with Crippen molar-refractivity contribution in [3.63, 3.8) is 0 Å². The maximum atomic E-state index is 13.0. The second-order valence-electron chi connectivity index (χ2n) is 7.25. The lowest BCUT2D eigenvalue weighted by molar-refractivity contribution is -0.119. The summed E-state index contributed by atoms with van der Waals surface area (Å²) in [5.74, 6) is 0.682. The minimum atomic E-state index is -0.540. The molecule has 3 rings (SSSR count). The number of carbonyl (C=O) groups is 2. The normalized spacial score (nSPS) is 15.0. The van der Waals surface area contributed by atoms with Gasteiger partial charge in [-0.2, -0.15) is 0 Å². The molecule has 0 aliphatic heterocycles. The van der Waals surface area contributed by atoms with Gasteiger partial charge < -0.3 is 10.1 Å². The summed E-state index contributed by atoms with van der Waals surface area (Å²) >= 11 is 0. The van der Waals surface area contributed by atoms with Crippen molar-refractivity contribution in [1.82, 2.24) is 4.98 Å². The van der Waals surface area contributed by atoms with E-state index in [4.69, 9.17) is 4.74 Å². The molecule has 1 aliphatic rings. The maximum Gasteiger partial charge on any atom is 0.236 e. The number of rotatable bonds is 8. The molecular formula is C25H26N2O3. The summed E-state index contributed by atoms with van der Waals surface area (Å²) in [6, 6.07) is 10.4. The number of aromatic nitrogens is 1. The number of benzene rings is 1. The number of nitrogens with one attached hydrogen (secondary N) is 1. The van der Waals surface area contributed by atoms with E-state index in [9.17, 15) is 9.59 Å². The summed E-state index contributed by atoms with van der Waals surface area (Å²) < 4.78 is 5.29. The fraction of sp³-hybridized carbons (Fsp3) is 0.240. The van der Waals surface area contributed by atoms with Crippen LogP contribution in [0.2, 0.25) is 0 Å². The highest BCUT2D eigenvalue weighted by Crippen LogP contribution is 2.53. The number of ketones is 1. The zero-order valence-electron chi connectivity index (χ0n) is 17.6. The van der Waals surface area contributed by atoms with E-state index in [1.807, 2.05) is 31.2 Å².